The minimum atomic E-state index is 0.0728. The highest BCUT2D eigenvalue weighted by Crippen LogP contribution is 2.11. The van der Waals surface area contributed by atoms with Crippen LogP contribution in [-0.2, 0) is 4.79 Å². The molecule has 1 fully saturated rings. The van der Waals surface area contributed by atoms with E-state index in [2.05, 4.69) is 11.9 Å². The maximum Gasteiger partial charge on any atom is 0.260 e. The van der Waals surface area contributed by atoms with Crippen LogP contribution in [0.5, 0.6) is 5.75 Å². The van der Waals surface area contributed by atoms with Crippen LogP contribution in [0.3, 0.4) is 0 Å². The number of rotatable bonds is 3. The molecule has 1 saturated heterocycles. The average Bonchev–Trinajstić information content (AvgIpc) is 2.49. The molecule has 0 N–H and O–H groups in total. The molecule has 112 valence electrons. The summed E-state index contributed by atoms with van der Waals surface area (Å²) in [6, 6.07) is 7.75. The molecule has 4 heteroatoms. The second kappa shape index (κ2) is 8.59. The van der Waals surface area contributed by atoms with Crippen molar-refractivity contribution < 1.29 is 9.53 Å². The lowest BCUT2D eigenvalue weighted by Crippen LogP contribution is -2.48. The number of carbonyl (C=O) groups is 1. The number of benzene rings is 1. The van der Waals surface area contributed by atoms with Crippen molar-refractivity contribution in [3.8, 4) is 5.75 Å². The number of piperazine rings is 1. The van der Waals surface area contributed by atoms with Gasteiger partial charge in [-0.3, -0.25) is 4.79 Å². The minimum absolute atomic E-state index is 0.0728. The SMILES string of the molecule is CC.Cc1ccc(OCC(=O)N2CCN(C)CC2)cc1. The first kappa shape index (κ1) is 16.5. The van der Waals surface area contributed by atoms with Crippen molar-refractivity contribution in [2.24, 2.45) is 0 Å². The van der Waals surface area contributed by atoms with Crippen LogP contribution >= 0.6 is 0 Å². The molecule has 1 amide bonds. The predicted octanol–water partition coefficient (Wildman–Crippen LogP) is 2.17. The Morgan fingerprint density at radius 1 is 1.10 bits per heavy atom. The summed E-state index contributed by atoms with van der Waals surface area (Å²) in [5, 5.41) is 0. The summed E-state index contributed by atoms with van der Waals surface area (Å²) in [7, 11) is 2.07. The lowest BCUT2D eigenvalue weighted by atomic mass is 10.2. The quantitative estimate of drug-likeness (QED) is 0.849. The first-order chi connectivity index (χ1) is 9.65. The van der Waals surface area contributed by atoms with E-state index in [1.165, 1.54) is 5.56 Å². The lowest BCUT2D eigenvalue weighted by Gasteiger charge is -2.32. The van der Waals surface area contributed by atoms with Crippen LogP contribution in [0.15, 0.2) is 24.3 Å². The summed E-state index contributed by atoms with van der Waals surface area (Å²) < 4.78 is 5.50. The lowest BCUT2D eigenvalue weighted by molar-refractivity contribution is -0.134. The van der Waals surface area contributed by atoms with Crippen molar-refractivity contribution in [2.45, 2.75) is 20.8 Å². The van der Waals surface area contributed by atoms with Crippen LogP contribution in [0.1, 0.15) is 19.4 Å². The Morgan fingerprint density at radius 2 is 1.65 bits per heavy atom. The number of likely N-dealkylation sites (N-methyl/N-ethyl adjacent to an activating group) is 1. The molecule has 0 radical (unpaired) electrons. The molecular weight excluding hydrogens is 252 g/mol. The van der Waals surface area contributed by atoms with E-state index in [0.717, 1.165) is 31.9 Å². The van der Waals surface area contributed by atoms with Crippen molar-refractivity contribution in [2.75, 3.05) is 39.8 Å². The van der Waals surface area contributed by atoms with Crippen LogP contribution in [0.2, 0.25) is 0 Å². The molecule has 20 heavy (non-hydrogen) atoms. The number of nitrogens with zero attached hydrogens (tertiary/aromatic N) is 2. The molecule has 0 unspecified atom stereocenters. The maximum atomic E-state index is 11.9. The van der Waals surface area contributed by atoms with Gasteiger partial charge in [0.15, 0.2) is 6.61 Å². The van der Waals surface area contributed by atoms with Gasteiger partial charge in [-0.15, -0.1) is 0 Å². The molecule has 0 aromatic heterocycles. The summed E-state index contributed by atoms with van der Waals surface area (Å²) in [5.41, 5.74) is 1.19. The largest absolute Gasteiger partial charge is 0.484 e. The minimum Gasteiger partial charge on any atom is -0.484 e. The highest BCUT2D eigenvalue weighted by atomic mass is 16.5. The number of ether oxygens (including phenoxy) is 1. The van der Waals surface area contributed by atoms with Crippen LogP contribution in [0.4, 0.5) is 0 Å². The average molecular weight is 278 g/mol. The van der Waals surface area contributed by atoms with E-state index >= 15 is 0 Å². The van der Waals surface area contributed by atoms with Gasteiger partial charge in [0, 0.05) is 26.2 Å². The van der Waals surface area contributed by atoms with E-state index in [1.807, 2.05) is 49.9 Å². The number of hydrogen-bond donors (Lipinski definition) is 0. The molecule has 0 atom stereocenters. The molecular formula is C16H26N2O2. The Morgan fingerprint density at radius 3 is 2.20 bits per heavy atom. The number of amides is 1. The van der Waals surface area contributed by atoms with Gasteiger partial charge >= 0.3 is 0 Å². The molecule has 0 bridgehead atoms. The highest BCUT2D eigenvalue weighted by Gasteiger charge is 2.19. The monoisotopic (exact) mass is 278 g/mol. The van der Waals surface area contributed by atoms with Crippen molar-refractivity contribution in [1.82, 2.24) is 9.80 Å². The molecule has 2 rings (SSSR count). The van der Waals surface area contributed by atoms with E-state index < -0.39 is 0 Å². The fraction of sp³-hybridized carbons (Fsp3) is 0.562. The van der Waals surface area contributed by atoms with Gasteiger partial charge in [-0.25, -0.2) is 0 Å². The molecule has 0 saturated carbocycles. The van der Waals surface area contributed by atoms with Gasteiger partial charge in [-0.1, -0.05) is 31.5 Å². The molecule has 1 aromatic rings. The van der Waals surface area contributed by atoms with E-state index in [-0.39, 0.29) is 12.5 Å². The third-order valence-electron chi connectivity index (χ3n) is 3.24. The molecule has 0 aliphatic carbocycles. The fourth-order valence-corrected chi connectivity index (χ4v) is 1.93. The van der Waals surface area contributed by atoms with E-state index in [9.17, 15) is 4.79 Å². The smallest absolute Gasteiger partial charge is 0.260 e. The first-order valence-corrected chi connectivity index (χ1v) is 7.31. The van der Waals surface area contributed by atoms with Gasteiger partial charge in [-0.05, 0) is 26.1 Å². The van der Waals surface area contributed by atoms with Crippen LogP contribution < -0.4 is 4.74 Å². The summed E-state index contributed by atoms with van der Waals surface area (Å²) in [6.45, 7) is 9.64. The van der Waals surface area contributed by atoms with Crippen LogP contribution in [0, 0.1) is 6.92 Å². The molecule has 4 nitrogen and oxygen atoms in total. The molecule has 1 aliphatic heterocycles. The second-order valence-corrected chi connectivity index (χ2v) is 4.79. The standard InChI is InChI=1S/C14H20N2O2.C2H6/c1-12-3-5-13(6-4-12)18-11-14(17)16-9-7-15(2)8-10-16;1-2/h3-6H,7-11H2,1-2H3;1-2H3. The number of aryl methyl sites for hydroxylation is 1. The fourth-order valence-electron chi connectivity index (χ4n) is 1.93. The van der Waals surface area contributed by atoms with Gasteiger partial charge in [-0.2, -0.15) is 0 Å². The maximum absolute atomic E-state index is 11.9. The van der Waals surface area contributed by atoms with Crippen molar-refractivity contribution in [3.63, 3.8) is 0 Å². The van der Waals surface area contributed by atoms with Crippen molar-refractivity contribution in [3.05, 3.63) is 29.8 Å². The summed E-state index contributed by atoms with van der Waals surface area (Å²) in [6.07, 6.45) is 0. The highest BCUT2D eigenvalue weighted by molar-refractivity contribution is 5.77. The Labute approximate surface area is 122 Å². The molecule has 1 aliphatic rings. The summed E-state index contributed by atoms with van der Waals surface area (Å²) in [4.78, 5) is 16.0. The zero-order chi connectivity index (χ0) is 15.0. The Bertz CT molecular complexity index is 395. The number of hydrogen-bond acceptors (Lipinski definition) is 3. The van der Waals surface area contributed by atoms with Gasteiger partial charge in [0.05, 0.1) is 0 Å². The van der Waals surface area contributed by atoms with Gasteiger partial charge in [0.2, 0.25) is 0 Å². The first-order valence-electron chi connectivity index (χ1n) is 7.31. The topological polar surface area (TPSA) is 32.8 Å². The van der Waals surface area contributed by atoms with E-state index in [1.54, 1.807) is 0 Å². The molecule has 0 spiro atoms. The van der Waals surface area contributed by atoms with E-state index in [4.69, 9.17) is 4.74 Å². The summed E-state index contributed by atoms with van der Waals surface area (Å²) in [5.74, 6) is 0.826. The Hall–Kier alpha value is -1.55. The molecule has 1 aromatic carbocycles. The summed E-state index contributed by atoms with van der Waals surface area (Å²) >= 11 is 0. The number of carbonyl (C=O) groups excluding carboxylic acids is 1. The van der Waals surface area contributed by atoms with E-state index in [0.29, 0.717) is 0 Å². The third kappa shape index (κ3) is 5.21. The predicted molar refractivity (Wildman–Crippen MR) is 82.1 cm³/mol. The van der Waals surface area contributed by atoms with Crippen molar-refractivity contribution >= 4 is 5.91 Å². The second-order valence-electron chi connectivity index (χ2n) is 4.79. The van der Waals surface area contributed by atoms with Crippen LogP contribution in [0.25, 0.3) is 0 Å². The van der Waals surface area contributed by atoms with Crippen molar-refractivity contribution in [1.29, 1.82) is 0 Å². The zero-order valence-electron chi connectivity index (χ0n) is 13.1. The third-order valence-corrected chi connectivity index (χ3v) is 3.24. The normalized spacial score (nSPS) is 15.3. The van der Waals surface area contributed by atoms with Gasteiger partial charge < -0.3 is 14.5 Å². The van der Waals surface area contributed by atoms with Gasteiger partial charge in [0.25, 0.3) is 5.91 Å². The zero-order valence-corrected chi connectivity index (χ0v) is 13.1. The van der Waals surface area contributed by atoms with Gasteiger partial charge in [0.1, 0.15) is 5.75 Å². The Kier molecular flexibility index (Phi) is 7.09. The Balaban J connectivity index is 0.000000956. The van der Waals surface area contributed by atoms with Crippen LogP contribution in [-0.4, -0.2) is 55.5 Å². The molecule has 1 heterocycles.